The number of para-hydroxylation sites is 1. The van der Waals surface area contributed by atoms with Crippen molar-refractivity contribution in [3.63, 3.8) is 0 Å². The number of benzene rings is 3. The Labute approximate surface area is 163 Å². The Morgan fingerprint density at radius 2 is 1.82 bits per heavy atom. The first-order valence-electron chi connectivity index (χ1n) is 8.98. The standard InChI is InChI=1S/C23H20N2O3/c1-14-8-9-16(12-15(14)2)22(26)24-17-10-11-19-21(13-17)28-23(25-19)18-6-4-5-7-20(18)27-3/h4-13H,1-3H3,(H,24,26). The normalized spacial score (nSPS) is 10.8. The lowest BCUT2D eigenvalue weighted by Gasteiger charge is -2.07. The molecular weight excluding hydrogens is 352 g/mol. The molecule has 0 atom stereocenters. The predicted octanol–water partition coefficient (Wildman–Crippen LogP) is 5.37. The smallest absolute Gasteiger partial charge is 0.255 e. The molecule has 5 nitrogen and oxygen atoms in total. The number of anilines is 1. The lowest BCUT2D eigenvalue weighted by molar-refractivity contribution is 0.102. The highest BCUT2D eigenvalue weighted by molar-refractivity contribution is 6.05. The number of hydrogen-bond donors (Lipinski definition) is 1. The van der Waals surface area contributed by atoms with Gasteiger partial charge in [-0.05, 0) is 61.4 Å². The van der Waals surface area contributed by atoms with Crippen molar-refractivity contribution in [3.8, 4) is 17.2 Å². The fourth-order valence-corrected chi connectivity index (χ4v) is 3.02. The topological polar surface area (TPSA) is 64.4 Å². The van der Waals surface area contributed by atoms with Gasteiger partial charge in [-0.25, -0.2) is 4.98 Å². The van der Waals surface area contributed by atoms with Crippen LogP contribution in [0.1, 0.15) is 21.5 Å². The predicted molar refractivity (Wildman–Crippen MR) is 110 cm³/mol. The van der Waals surface area contributed by atoms with E-state index >= 15 is 0 Å². The summed E-state index contributed by atoms with van der Waals surface area (Å²) in [5.74, 6) is 1.01. The van der Waals surface area contributed by atoms with Crippen LogP contribution in [0.15, 0.2) is 65.1 Å². The van der Waals surface area contributed by atoms with E-state index in [4.69, 9.17) is 9.15 Å². The highest BCUT2D eigenvalue weighted by atomic mass is 16.5. The van der Waals surface area contributed by atoms with Gasteiger partial charge in [0.1, 0.15) is 11.3 Å². The molecule has 3 aromatic carbocycles. The first kappa shape index (κ1) is 17.8. The summed E-state index contributed by atoms with van der Waals surface area (Å²) in [6, 6.07) is 18.6. The molecule has 0 saturated carbocycles. The summed E-state index contributed by atoms with van der Waals surface area (Å²) in [6.07, 6.45) is 0. The molecule has 0 aliphatic heterocycles. The molecule has 1 heterocycles. The monoisotopic (exact) mass is 372 g/mol. The van der Waals surface area contributed by atoms with E-state index < -0.39 is 0 Å². The van der Waals surface area contributed by atoms with E-state index in [1.165, 1.54) is 0 Å². The Kier molecular flexibility index (Phi) is 4.57. The maximum absolute atomic E-state index is 12.6. The van der Waals surface area contributed by atoms with Gasteiger partial charge in [0.05, 0.1) is 12.7 Å². The van der Waals surface area contributed by atoms with Crippen molar-refractivity contribution < 1.29 is 13.9 Å². The van der Waals surface area contributed by atoms with Crippen molar-refractivity contribution in [2.24, 2.45) is 0 Å². The second-order valence-corrected chi connectivity index (χ2v) is 6.65. The highest BCUT2D eigenvalue weighted by Crippen LogP contribution is 2.32. The van der Waals surface area contributed by atoms with Crippen molar-refractivity contribution in [1.82, 2.24) is 4.98 Å². The SMILES string of the molecule is COc1ccccc1-c1nc2ccc(NC(=O)c3ccc(C)c(C)c3)cc2o1. The minimum Gasteiger partial charge on any atom is -0.496 e. The number of amides is 1. The van der Waals surface area contributed by atoms with E-state index in [2.05, 4.69) is 10.3 Å². The first-order chi connectivity index (χ1) is 13.5. The molecule has 28 heavy (non-hydrogen) atoms. The van der Waals surface area contributed by atoms with Crippen LogP contribution in [0.5, 0.6) is 5.75 Å². The maximum atomic E-state index is 12.6. The van der Waals surface area contributed by atoms with Crippen LogP contribution >= 0.6 is 0 Å². The van der Waals surface area contributed by atoms with Crippen LogP contribution in [0.25, 0.3) is 22.6 Å². The van der Waals surface area contributed by atoms with Crippen LogP contribution in [-0.2, 0) is 0 Å². The third-order valence-corrected chi connectivity index (χ3v) is 4.75. The van der Waals surface area contributed by atoms with Gasteiger partial charge in [0.15, 0.2) is 5.58 Å². The molecule has 0 saturated heterocycles. The van der Waals surface area contributed by atoms with Crippen molar-refractivity contribution in [2.45, 2.75) is 13.8 Å². The lowest BCUT2D eigenvalue weighted by Crippen LogP contribution is -2.12. The second kappa shape index (κ2) is 7.19. The number of nitrogens with zero attached hydrogens (tertiary/aromatic N) is 1. The fourth-order valence-electron chi connectivity index (χ4n) is 3.02. The van der Waals surface area contributed by atoms with Crippen LogP contribution < -0.4 is 10.1 Å². The van der Waals surface area contributed by atoms with Crippen LogP contribution in [0.3, 0.4) is 0 Å². The number of carbonyl (C=O) groups excluding carboxylic acids is 1. The molecule has 140 valence electrons. The third-order valence-electron chi connectivity index (χ3n) is 4.75. The summed E-state index contributed by atoms with van der Waals surface area (Å²) >= 11 is 0. The van der Waals surface area contributed by atoms with E-state index in [9.17, 15) is 4.79 Å². The van der Waals surface area contributed by atoms with Crippen molar-refractivity contribution in [3.05, 3.63) is 77.4 Å². The van der Waals surface area contributed by atoms with Gasteiger partial charge in [0, 0.05) is 17.3 Å². The van der Waals surface area contributed by atoms with E-state index in [0.717, 1.165) is 16.7 Å². The number of nitrogens with one attached hydrogen (secondary N) is 1. The molecule has 4 rings (SSSR count). The Morgan fingerprint density at radius 3 is 2.61 bits per heavy atom. The molecule has 5 heteroatoms. The number of fused-ring (bicyclic) bond motifs is 1. The second-order valence-electron chi connectivity index (χ2n) is 6.65. The Morgan fingerprint density at radius 1 is 1.00 bits per heavy atom. The van der Waals surface area contributed by atoms with E-state index in [0.29, 0.717) is 34.0 Å². The average molecular weight is 372 g/mol. The summed E-state index contributed by atoms with van der Waals surface area (Å²) < 4.78 is 11.3. The Bertz CT molecular complexity index is 1180. The number of oxazole rings is 1. The van der Waals surface area contributed by atoms with Crippen LogP contribution in [-0.4, -0.2) is 18.0 Å². The molecule has 4 aromatic rings. The largest absolute Gasteiger partial charge is 0.496 e. The zero-order valence-electron chi connectivity index (χ0n) is 15.9. The molecule has 0 spiro atoms. The molecule has 0 aliphatic carbocycles. The molecule has 0 radical (unpaired) electrons. The summed E-state index contributed by atoms with van der Waals surface area (Å²) in [6.45, 7) is 4.01. The number of aryl methyl sites for hydroxylation is 2. The zero-order valence-corrected chi connectivity index (χ0v) is 15.9. The molecule has 1 amide bonds. The van der Waals surface area contributed by atoms with Crippen molar-refractivity contribution >= 4 is 22.7 Å². The number of rotatable bonds is 4. The number of aromatic nitrogens is 1. The summed E-state index contributed by atoms with van der Waals surface area (Å²) in [4.78, 5) is 17.1. The number of methoxy groups -OCH3 is 1. The van der Waals surface area contributed by atoms with Gasteiger partial charge < -0.3 is 14.5 Å². The van der Waals surface area contributed by atoms with Crippen LogP contribution in [0.4, 0.5) is 5.69 Å². The molecule has 0 bridgehead atoms. The van der Waals surface area contributed by atoms with Gasteiger partial charge in [0.25, 0.3) is 5.91 Å². The summed E-state index contributed by atoms with van der Waals surface area (Å²) in [5, 5.41) is 2.92. The third kappa shape index (κ3) is 3.34. The van der Waals surface area contributed by atoms with Crippen LogP contribution in [0.2, 0.25) is 0 Å². The summed E-state index contributed by atoms with van der Waals surface area (Å²) in [5.41, 5.74) is 5.60. The van der Waals surface area contributed by atoms with Crippen molar-refractivity contribution in [1.29, 1.82) is 0 Å². The minimum atomic E-state index is -0.160. The molecular formula is C23H20N2O3. The number of ether oxygens (including phenoxy) is 1. The highest BCUT2D eigenvalue weighted by Gasteiger charge is 2.14. The fraction of sp³-hybridized carbons (Fsp3) is 0.130. The van der Waals surface area contributed by atoms with Gasteiger partial charge in [-0.2, -0.15) is 0 Å². The zero-order chi connectivity index (χ0) is 19.7. The molecule has 0 fully saturated rings. The van der Waals surface area contributed by atoms with Gasteiger partial charge >= 0.3 is 0 Å². The van der Waals surface area contributed by atoms with Gasteiger partial charge in [-0.3, -0.25) is 4.79 Å². The minimum absolute atomic E-state index is 0.160. The van der Waals surface area contributed by atoms with Gasteiger partial charge in [-0.15, -0.1) is 0 Å². The van der Waals surface area contributed by atoms with E-state index in [1.807, 2.05) is 68.4 Å². The van der Waals surface area contributed by atoms with Crippen molar-refractivity contribution in [2.75, 3.05) is 12.4 Å². The molecule has 0 unspecified atom stereocenters. The Hall–Kier alpha value is -3.60. The lowest BCUT2D eigenvalue weighted by atomic mass is 10.1. The van der Waals surface area contributed by atoms with Crippen LogP contribution in [0, 0.1) is 13.8 Å². The number of carbonyl (C=O) groups is 1. The molecule has 1 aromatic heterocycles. The van der Waals surface area contributed by atoms with Gasteiger partial charge in [0.2, 0.25) is 5.89 Å². The quantitative estimate of drug-likeness (QED) is 0.523. The summed E-state index contributed by atoms with van der Waals surface area (Å²) in [7, 11) is 1.61. The first-order valence-corrected chi connectivity index (χ1v) is 8.98. The van der Waals surface area contributed by atoms with E-state index in [1.54, 1.807) is 13.2 Å². The van der Waals surface area contributed by atoms with E-state index in [-0.39, 0.29) is 5.91 Å². The Balaban J connectivity index is 1.63. The van der Waals surface area contributed by atoms with Gasteiger partial charge in [-0.1, -0.05) is 18.2 Å². The average Bonchev–Trinajstić information content (AvgIpc) is 3.13. The maximum Gasteiger partial charge on any atom is 0.255 e. The number of hydrogen-bond acceptors (Lipinski definition) is 4. The molecule has 0 aliphatic rings. The molecule has 1 N–H and O–H groups in total.